The Bertz CT molecular complexity index is 754. The van der Waals surface area contributed by atoms with Crippen LogP contribution in [0.25, 0.3) is 22.7 Å². The summed E-state index contributed by atoms with van der Waals surface area (Å²) >= 11 is 0. The SMILES string of the molecule is C1=Cc2c(ncc3ccn(-c4cccnc4)c23)C1. The van der Waals surface area contributed by atoms with E-state index >= 15 is 0 Å². The molecule has 86 valence electrons. The van der Waals surface area contributed by atoms with Crippen molar-refractivity contribution in [3.05, 3.63) is 60.3 Å². The number of hydrogen-bond acceptors (Lipinski definition) is 2. The van der Waals surface area contributed by atoms with Gasteiger partial charge in [-0.2, -0.15) is 0 Å². The van der Waals surface area contributed by atoms with Crippen LogP contribution in [0.4, 0.5) is 0 Å². The summed E-state index contributed by atoms with van der Waals surface area (Å²) < 4.78 is 2.18. The summed E-state index contributed by atoms with van der Waals surface area (Å²) in [6, 6.07) is 6.12. The molecule has 4 rings (SSSR count). The van der Waals surface area contributed by atoms with Gasteiger partial charge in [-0.25, -0.2) is 0 Å². The van der Waals surface area contributed by atoms with Crippen LogP contribution in [0.3, 0.4) is 0 Å². The second kappa shape index (κ2) is 3.53. The summed E-state index contributed by atoms with van der Waals surface area (Å²) in [5, 5.41) is 1.17. The van der Waals surface area contributed by atoms with Crippen molar-refractivity contribution in [1.29, 1.82) is 0 Å². The predicted octanol–water partition coefficient (Wildman–Crippen LogP) is 2.99. The van der Waals surface area contributed by atoms with Crippen molar-refractivity contribution in [2.45, 2.75) is 6.42 Å². The van der Waals surface area contributed by atoms with E-state index in [1.165, 1.54) is 16.5 Å². The van der Waals surface area contributed by atoms with Gasteiger partial charge in [0.1, 0.15) is 0 Å². The highest BCUT2D eigenvalue weighted by molar-refractivity contribution is 5.91. The fourth-order valence-electron chi connectivity index (χ4n) is 2.53. The van der Waals surface area contributed by atoms with Gasteiger partial charge in [-0.15, -0.1) is 0 Å². The van der Waals surface area contributed by atoms with Crippen LogP contribution in [-0.2, 0) is 6.42 Å². The molecule has 3 heteroatoms. The average molecular weight is 233 g/mol. The predicted molar refractivity (Wildman–Crippen MR) is 71.6 cm³/mol. The molecule has 1 aliphatic carbocycles. The zero-order chi connectivity index (χ0) is 11.9. The minimum Gasteiger partial charge on any atom is -0.314 e. The first-order valence-electron chi connectivity index (χ1n) is 5.99. The Morgan fingerprint density at radius 1 is 1.17 bits per heavy atom. The Labute approximate surface area is 104 Å². The normalized spacial score (nSPS) is 13.1. The molecule has 0 N–H and O–H groups in total. The monoisotopic (exact) mass is 233 g/mol. The molecule has 0 bridgehead atoms. The van der Waals surface area contributed by atoms with E-state index in [-0.39, 0.29) is 0 Å². The number of allylic oxidation sites excluding steroid dienone is 1. The molecule has 3 heterocycles. The van der Waals surface area contributed by atoms with Crippen molar-refractivity contribution in [3.8, 4) is 5.69 Å². The lowest BCUT2D eigenvalue weighted by Crippen LogP contribution is -1.96. The van der Waals surface area contributed by atoms with Crippen LogP contribution in [0.15, 0.2) is 49.1 Å². The molecule has 0 radical (unpaired) electrons. The van der Waals surface area contributed by atoms with Gasteiger partial charge >= 0.3 is 0 Å². The second-order valence-electron chi connectivity index (χ2n) is 4.43. The molecule has 0 fully saturated rings. The van der Waals surface area contributed by atoms with E-state index in [1.807, 2.05) is 18.5 Å². The molecule has 0 atom stereocenters. The smallest absolute Gasteiger partial charge is 0.0639 e. The molecular formula is C15H11N3. The molecule has 0 saturated heterocycles. The number of pyridine rings is 2. The molecule has 0 saturated carbocycles. The number of nitrogens with zero attached hydrogens (tertiary/aromatic N) is 3. The maximum absolute atomic E-state index is 4.50. The summed E-state index contributed by atoms with van der Waals surface area (Å²) in [5.41, 5.74) is 4.70. The molecule has 0 amide bonds. The summed E-state index contributed by atoms with van der Waals surface area (Å²) in [6.07, 6.45) is 13.0. The third-order valence-electron chi connectivity index (χ3n) is 3.36. The molecular weight excluding hydrogens is 222 g/mol. The Kier molecular flexibility index (Phi) is 1.88. The van der Waals surface area contributed by atoms with Crippen molar-refractivity contribution in [2.75, 3.05) is 0 Å². The fraction of sp³-hybridized carbons (Fsp3) is 0.0667. The van der Waals surface area contributed by atoms with Gasteiger partial charge in [0.05, 0.1) is 23.1 Å². The van der Waals surface area contributed by atoms with E-state index in [4.69, 9.17) is 0 Å². The molecule has 0 spiro atoms. The van der Waals surface area contributed by atoms with Gasteiger partial charge in [0.25, 0.3) is 0 Å². The van der Waals surface area contributed by atoms with Crippen LogP contribution in [0, 0.1) is 0 Å². The zero-order valence-corrected chi connectivity index (χ0v) is 9.74. The quantitative estimate of drug-likeness (QED) is 0.647. The van der Waals surface area contributed by atoms with Gasteiger partial charge in [0.15, 0.2) is 0 Å². The summed E-state index contributed by atoms with van der Waals surface area (Å²) in [7, 11) is 0. The Morgan fingerprint density at radius 3 is 3.06 bits per heavy atom. The van der Waals surface area contributed by atoms with E-state index in [2.05, 4.69) is 45.0 Å². The first-order chi connectivity index (χ1) is 8.93. The largest absolute Gasteiger partial charge is 0.314 e. The molecule has 0 unspecified atom stereocenters. The number of fused-ring (bicyclic) bond motifs is 3. The lowest BCUT2D eigenvalue weighted by atomic mass is 10.2. The first kappa shape index (κ1) is 9.59. The van der Waals surface area contributed by atoms with Gasteiger partial charge in [-0.3, -0.25) is 9.97 Å². The van der Waals surface area contributed by atoms with Crippen LogP contribution < -0.4 is 0 Å². The van der Waals surface area contributed by atoms with Crippen molar-refractivity contribution >= 4 is 17.0 Å². The topological polar surface area (TPSA) is 30.7 Å². The van der Waals surface area contributed by atoms with E-state index in [9.17, 15) is 0 Å². The highest BCUT2D eigenvalue weighted by Crippen LogP contribution is 2.29. The van der Waals surface area contributed by atoms with Gasteiger partial charge in [-0.1, -0.05) is 12.2 Å². The minimum absolute atomic E-state index is 0.934. The maximum atomic E-state index is 4.50. The molecule has 0 aliphatic heterocycles. The van der Waals surface area contributed by atoms with Gasteiger partial charge in [0.2, 0.25) is 0 Å². The standard InChI is InChI=1S/C15H11N3/c1-4-13-14(5-1)17-9-11-6-8-18(15(11)13)12-3-2-7-16-10-12/h1-4,6-10H,5H2. The Morgan fingerprint density at radius 2 is 2.17 bits per heavy atom. The Hall–Kier alpha value is -2.42. The minimum atomic E-state index is 0.934. The number of rotatable bonds is 1. The molecule has 18 heavy (non-hydrogen) atoms. The Balaban J connectivity index is 2.08. The van der Waals surface area contributed by atoms with Gasteiger partial charge in [0, 0.05) is 36.0 Å². The summed E-state index contributed by atoms with van der Waals surface area (Å²) in [4.78, 5) is 8.69. The highest BCUT2D eigenvalue weighted by atomic mass is 15.0. The second-order valence-corrected chi connectivity index (χ2v) is 4.43. The lowest BCUT2D eigenvalue weighted by Gasteiger charge is -2.07. The van der Waals surface area contributed by atoms with Crippen LogP contribution in [0.5, 0.6) is 0 Å². The number of aromatic nitrogens is 3. The summed E-state index contributed by atoms with van der Waals surface area (Å²) in [5.74, 6) is 0. The third-order valence-corrected chi connectivity index (χ3v) is 3.36. The zero-order valence-electron chi connectivity index (χ0n) is 9.74. The van der Waals surface area contributed by atoms with Crippen LogP contribution >= 0.6 is 0 Å². The average Bonchev–Trinajstić information content (AvgIpc) is 3.05. The van der Waals surface area contributed by atoms with Crippen LogP contribution in [-0.4, -0.2) is 14.5 Å². The van der Waals surface area contributed by atoms with Gasteiger partial charge < -0.3 is 4.57 Å². The maximum Gasteiger partial charge on any atom is 0.0639 e. The molecule has 1 aliphatic rings. The first-order valence-corrected chi connectivity index (χ1v) is 5.99. The number of hydrogen-bond donors (Lipinski definition) is 0. The van der Waals surface area contributed by atoms with Crippen molar-refractivity contribution in [1.82, 2.24) is 14.5 Å². The lowest BCUT2D eigenvalue weighted by molar-refractivity contribution is 1.08. The fourth-order valence-corrected chi connectivity index (χ4v) is 2.53. The van der Waals surface area contributed by atoms with E-state index in [0.717, 1.165) is 17.8 Å². The molecule has 3 aromatic rings. The molecule has 0 aromatic carbocycles. The van der Waals surface area contributed by atoms with Crippen LogP contribution in [0.1, 0.15) is 11.3 Å². The molecule has 3 aromatic heterocycles. The van der Waals surface area contributed by atoms with Crippen molar-refractivity contribution in [3.63, 3.8) is 0 Å². The van der Waals surface area contributed by atoms with E-state index in [0.29, 0.717) is 0 Å². The highest BCUT2D eigenvalue weighted by Gasteiger charge is 2.14. The third kappa shape index (κ3) is 1.24. The van der Waals surface area contributed by atoms with Gasteiger partial charge in [-0.05, 0) is 18.2 Å². The van der Waals surface area contributed by atoms with Crippen molar-refractivity contribution < 1.29 is 0 Å². The van der Waals surface area contributed by atoms with Crippen molar-refractivity contribution in [2.24, 2.45) is 0 Å². The summed E-state index contributed by atoms with van der Waals surface area (Å²) in [6.45, 7) is 0. The van der Waals surface area contributed by atoms with Crippen LogP contribution in [0.2, 0.25) is 0 Å². The van der Waals surface area contributed by atoms with E-state index < -0.39 is 0 Å². The van der Waals surface area contributed by atoms with E-state index in [1.54, 1.807) is 6.20 Å². The molecule has 3 nitrogen and oxygen atoms in total.